The number of hydrogen-bond acceptors (Lipinski definition) is 5. The van der Waals surface area contributed by atoms with Gasteiger partial charge in [0.2, 0.25) is 0 Å². The van der Waals surface area contributed by atoms with Crippen LogP contribution in [0.15, 0.2) is 0 Å². The Morgan fingerprint density at radius 3 is 2.21 bits per heavy atom. The smallest absolute Gasteiger partial charge is 0.306 e. The predicted octanol–water partition coefficient (Wildman–Crippen LogP) is 5.36. The van der Waals surface area contributed by atoms with Gasteiger partial charge < -0.3 is 9.84 Å². The first-order chi connectivity index (χ1) is 16.0. The number of carbonyl (C=O) groups excluding carboxylic acids is 3. The Morgan fingerprint density at radius 2 is 1.50 bits per heavy atom. The van der Waals surface area contributed by atoms with Crippen molar-refractivity contribution in [3.8, 4) is 0 Å². The van der Waals surface area contributed by atoms with Gasteiger partial charge >= 0.3 is 11.9 Å². The molecule has 0 bridgehead atoms. The maximum atomic E-state index is 12.3. The van der Waals surface area contributed by atoms with E-state index in [4.69, 9.17) is 9.84 Å². The van der Waals surface area contributed by atoms with Crippen molar-refractivity contribution >= 4 is 23.5 Å². The molecule has 0 unspecified atom stereocenters. The second kappa shape index (κ2) is 9.73. The van der Waals surface area contributed by atoms with E-state index in [0.717, 1.165) is 31.6 Å². The van der Waals surface area contributed by atoms with Crippen molar-refractivity contribution in [2.75, 3.05) is 0 Å². The molecule has 0 radical (unpaired) electrons. The van der Waals surface area contributed by atoms with Crippen molar-refractivity contribution in [2.24, 2.45) is 40.4 Å². The molecule has 4 aliphatic rings. The van der Waals surface area contributed by atoms with E-state index in [-0.39, 0.29) is 60.3 Å². The molecule has 4 aliphatic carbocycles. The highest BCUT2D eigenvalue weighted by Crippen LogP contribution is 2.67. The van der Waals surface area contributed by atoms with Gasteiger partial charge in [0.25, 0.3) is 0 Å². The Bertz CT molecular complexity index is 835. The zero-order chi connectivity index (χ0) is 24.7. The fourth-order valence-electron chi connectivity index (χ4n) is 8.85. The molecule has 4 fully saturated rings. The van der Waals surface area contributed by atoms with Crippen molar-refractivity contribution in [3.63, 3.8) is 0 Å². The summed E-state index contributed by atoms with van der Waals surface area (Å²) in [7, 11) is 0. The highest BCUT2D eigenvalue weighted by Gasteiger charge is 2.60. The summed E-state index contributed by atoms with van der Waals surface area (Å²) in [5, 5.41) is 8.68. The van der Waals surface area contributed by atoms with E-state index in [2.05, 4.69) is 13.8 Å². The first-order valence-electron chi connectivity index (χ1n) is 13.5. The molecule has 0 spiro atoms. The zero-order valence-corrected chi connectivity index (χ0v) is 21.1. The lowest BCUT2D eigenvalue weighted by Crippen LogP contribution is -2.54. The van der Waals surface area contributed by atoms with Gasteiger partial charge in [-0.15, -0.1) is 0 Å². The van der Waals surface area contributed by atoms with Crippen LogP contribution >= 0.6 is 0 Å². The molecule has 0 saturated heterocycles. The van der Waals surface area contributed by atoms with Crippen LogP contribution < -0.4 is 0 Å². The molecule has 0 aromatic heterocycles. The Labute approximate surface area is 203 Å². The van der Waals surface area contributed by atoms with Crippen LogP contribution in [0.3, 0.4) is 0 Å². The first-order valence-corrected chi connectivity index (χ1v) is 13.5. The lowest BCUT2D eigenvalue weighted by atomic mass is 9.44. The molecule has 0 aromatic rings. The van der Waals surface area contributed by atoms with Gasteiger partial charge in [0, 0.05) is 18.8 Å². The van der Waals surface area contributed by atoms with E-state index in [1.807, 2.05) is 0 Å². The molecule has 34 heavy (non-hydrogen) atoms. The third-order valence-corrected chi connectivity index (χ3v) is 10.6. The lowest BCUT2D eigenvalue weighted by molar-refractivity contribution is -0.163. The summed E-state index contributed by atoms with van der Waals surface area (Å²) < 4.78 is 5.78. The molecule has 6 nitrogen and oxygen atoms in total. The SMILES string of the molecule is CC(=O)[C@H]1CC[C@H]2[C@@H]3CC[C@H]4C[C@H](OC(=O)CCC(=O)CCC(=O)O)CC[C@]4(C)[C@H]3CC[C@]12C. The van der Waals surface area contributed by atoms with Crippen LogP contribution in [0.5, 0.6) is 0 Å². The maximum absolute atomic E-state index is 12.3. The summed E-state index contributed by atoms with van der Waals surface area (Å²) in [5.74, 6) is 1.77. The third-order valence-electron chi connectivity index (χ3n) is 10.6. The number of Topliss-reactive ketones (excluding diaryl/α,β-unsaturated/α-hetero) is 2. The Hall–Kier alpha value is -1.72. The molecule has 0 aliphatic heterocycles. The van der Waals surface area contributed by atoms with Gasteiger partial charge in [-0.25, -0.2) is 0 Å². The summed E-state index contributed by atoms with van der Waals surface area (Å²) >= 11 is 0. The number of aliphatic carboxylic acids is 1. The van der Waals surface area contributed by atoms with E-state index >= 15 is 0 Å². The normalized spacial score (nSPS) is 41.0. The van der Waals surface area contributed by atoms with Crippen LogP contribution in [-0.2, 0) is 23.9 Å². The Kier molecular flexibility index (Phi) is 7.26. The Balaban J connectivity index is 1.32. The molecule has 0 aromatic carbocycles. The topological polar surface area (TPSA) is 97.7 Å². The van der Waals surface area contributed by atoms with Crippen LogP contribution in [0.4, 0.5) is 0 Å². The number of fused-ring (bicyclic) bond motifs is 5. The monoisotopic (exact) mass is 474 g/mol. The summed E-state index contributed by atoms with van der Waals surface area (Å²) in [6.45, 7) is 6.66. The van der Waals surface area contributed by atoms with E-state index in [9.17, 15) is 19.2 Å². The minimum atomic E-state index is -0.995. The van der Waals surface area contributed by atoms with Crippen molar-refractivity contribution in [2.45, 2.75) is 110 Å². The minimum absolute atomic E-state index is 0.0256. The number of ketones is 2. The molecular formula is C28H42O6. The minimum Gasteiger partial charge on any atom is -0.481 e. The van der Waals surface area contributed by atoms with Crippen LogP contribution in [-0.4, -0.2) is 34.7 Å². The average Bonchev–Trinajstić information content (AvgIpc) is 3.14. The molecule has 8 atom stereocenters. The molecule has 4 rings (SSSR count). The van der Waals surface area contributed by atoms with Gasteiger partial charge in [-0.2, -0.15) is 0 Å². The highest BCUT2D eigenvalue weighted by atomic mass is 16.5. The summed E-state index contributed by atoms with van der Waals surface area (Å²) in [6, 6.07) is 0. The van der Waals surface area contributed by atoms with Gasteiger partial charge in [0.1, 0.15) is 17.7 Å². The van der Waals surface area contributed by atoms with Crippen molar-refractivity contribution < 1.29 is 29.0 Å². The molecule has 190 valence electrons. The van der Waals surface area contributed by atoms with Crippen LogP contribution in [0, 0.1) is 40.4 Å². The molecular weight excluding hydrogens is 432 g/mol. The molecule has 6 heteroatoms. The fourth-order valence-corrected chi connectivity index (χ4v) is 8.85. The molecule has 0 amide bonds. The molecule has 0 heterocycles. The standard InChI is InChI=1S/C28H42O6/c1-17(29)22-8-9-23-21-7-4-18-16-20(34-26(33)11-6-19(30)5-10-25(31)32)12-14-27(18,2)24(21)13-15-28(22,23)3/h18,20-24H,4-16H2,1-3H3,(H,31,32)/t18-,20+,21-,22+,23-,24-,27-,28+/m0/s1. The number of esters is 1. The van der Waals surface area contributed by atoms with E-state index < -0.39 is 5.97 Å². The maximum Gasteiger partial charge on any atom is 0.306 e. The molecule has 4 saturated carbocycles. The van der Waals surface area contributed by atoms with Crippen molar-refractivity contribution in [1.82, 2.24) is 0 Å². The summed E-state index contributed by atoms with van der Waals surface area (Å²) in [6.07, 6.45) is 9.75. The first kappa shape index (κ1) is 25.4. The fraction of sp³-hybridized carbons (Fsp3) is 0.857. The van der Waals surface area contributed by atoms with Crippen LogP contribution in [0.2, 0.25) is 0 Å². The third kappa shape index (κ3) is 4.70. The van der Waals surface area contributed by atoms with Crippen molar-refractivity contribution in [1.29, 1.82) is 0 Å². The van der Waals surface area contributed by atoms with Crippen LogP contribution in [0.25, 0.3) is 0 Å². The van der Waals surface area contributed by atoms with Gasteiger partial charge in [-0.05, 0) is 99.2 Å². The van der Waals surface area contributed by atoms with E-state index in [0.29, 0.717) is 23.5 Å². The summed E-state index contributed by atoms with van der Waals surface area (Å²) in [5.41, 5.74) is 0.471. The lowest BCUT2D eigenvalue weighted by Gasteiger charge is -2.61. The number of carboxylic acids is 1. The predicted molar refractivity (Wildman–Crippen MR) is 127 cm³/mol. The highest BCUT2D eigenvalue weighted by molar-refractivity contribution is 5.85. The number of hydrogen-bond donors (Lipinski definition) is 1. The quantitative estimate of drug-likeness (QED) is 0.476. The number of rotatable bonds is 8. The second-order valence-electron chi connectivity index (χ2n) is 12.3. The number of carboxylic acid groups (broad SMARTS) is 1. The van der Waals surface area contributed by atoms with Gasteiger partial charge in [0.15, 0.2) is 0 Å². The van der Waals surface area contributed by atoms with Gasteiger partial charge in [0.05, 0.1) is 12.8 Å². The van der Waals surface area contributed by atoms with E-state index in [1.54, 1.807) is 6.92 Å². The number of carbonyl (C=O) groups is 4. The van der Waals surface area contributed by atoms with Crippen LogP contribution in [0.1, 0.15) is 104 Å². The second-order valence-corrected chi connectivity index (χ2v) is 12.3. The molecule has 1 N–H and O–H groups in total. The van der Waals surface area contributed by atoms with E-state index in [1.165, 1.54) is 32.1 Å². The van der Waals surface area contributed by atoms with Crippen molar-refractivity contribution in [3.05, 3.63) is 0 Å². The number of ether oxygens (including phenoxy) is 1. The largest absolute Gasteiger partial charge is 0.481 e. The Morgan fingerprint density at radius 1 is 0.824 bits per heavy atom. The average molecular weight is 475 g/mol. The van der Waals surface area contributed by atoms with Gasteiger partial charge in [-0.3, -0.25) is 19.2 Å². The zero-order valence-electron chi connectivity index (χ0n) is 21.1. The van der Waals surface area contributed by atoms with Gasteiger partial charge in [-0.1, -0.05) is 13.8 Å². The summed E-state index contributed by atoms with van der Waals surface area (Å²) in [4.78, 5) is 47.1.